The van der Waals surface area contributed by atoms with Crippen LogP contribution < -0.4 is 5.73 Å². The average Bonchev–Trinajstić information content (AvgIpc) is 2.81. The Morgan fingerprint density at radius 2 is 2.17 bits per heavy atom. The molecule has 3 aliphatic heterocycles. The second kappa shape index (κ2) is 6.76. The number of likely N-dealkylation sites (N-methyl/N-ethyl adjacent to an activating group) is 1. The summed E-state index contributed by atoms with van der Waals surface area (Å²) in [6.07, 6.45) is 3.54. The molecule has 0 spiro atoms. The van der Waals surface area contributed by atoms with Crippen molar-refractivity contribution in [1.29, 1.82) is 0 Å². The summed E-state index contributed by atoms with van der Waals surface area (Å²) in [6, 6.07) is 3.95. The van der Waals surface area contributed by atoms with Gasteiger partial charge in [-0.2, -0.15) is 0 Å². The molecule has 2 N–H and O–H groups in total. The number of rotatable bonds is 4. The molecule has 130 valence electrons. The quantitative estimate of drug-likeness (QED) is 0.851. The lowest BCUT2D eigenvalue weighted by atomic mass is 9.94. The molecule has 0 aromatic carbocycles. The molecule has 0 radical (unpaired) electrons. The van der Waals surface area contributed by atoms with Gasteiger partial charge >= 0.3 is 0 Å². The van der Waals surface area contributed by atoms with Gasteiger partial charge in [-0.3, -0.25) is 14.5 Å². The fraction of sp³-hybridized carbons (Fsp3) is 0.588. The van der Waals surface area contributed by atoms with Crippen LogP contribution in [0.5, 0.6) is 0 Å². The minimum absolute atomic E-state index is 0.0287. The first-order valence-corrected chi connectivity index (χ1v) is 8.38. The predicted molar refractivity (Wildman–Crippen MR) is 90.8 cm³/mol. The van der Waals surface area contributed by atoms with Gasteiger partial charge in [0.05, 0.1) is 5.92 Å². The predicted octanol–water partition coefficient (Wildman–Crippen LogP) is 0.175. The number of hydrogen-bond acceptors (Lipinski definition) is 5. The molecule has 4 heterocycles. The molecule has 0 unspecified atom stereocenters. The van der Waals surface area contributed by atoms with Gasteiger partial charge in [0.1, 0.15) is 12.4 Å². The molecule has 3 aliphatic rings. The third-order valence-corrected chi connectivity index (χ3v) is 4.99. The van der Waals surface area contributed by atoms with Gasteiger partial charge in [0.15, 0.2) is 0 Å². The van der Waals surface area contributed by atoms with Gasteiger partial charge in [-0.05, 0) is 18.9 Å². The number of fused-ring (bicyclic) bond motifs is 4. The molecule has 2 bridgehead atoms. The highest BCUT2D eigenvalue weighted by Gasteiger charge is 2.41. The van der Waals surface area contributed by atoms with Gasteiger partial charge in [-0.1, -0.05) is 6.07 Å². The molecule has 4 rings (SSSR count). The summed E-state index contributed by atoms with van der Waals surface area (Å²) in [7, 11) is 3.45. The van der Waals surface area contributed by atoms with Gasteiger partial charge in [0, 0.05) is 51.5 Å². The molecule has 1 aromatic heterocycles. The number of pyridine rings is 1. The first-order valence-electron chi connectivity index (χ1n) is 8.38. The lowest BCUT2D eigenvalue weighted by Crippen LogP contribution is -2.51. The van der Waals surface area contributed by atoms with E-state index < -0.39 is 0 Å². The molecule has 3 saturated heterocycles. The van der Waals surface area contributed by atoms with Gasteiger partial charge in [-0.15, -0.1) is 0 Å². The zero-order valence-electron chi connectivity index (χ0n) is 14.3. The summed E-state index contributed by atoms with van der Waals surface area (Å²) in [4.78, 5) is 34.5. The molecule has 7 heteroatoms. The van der Waals surface area contributed by atoms with Crippen LogP contribution in [0.3, 0.4) is 0 Å². The van der Waals surface area contributed by atoms with Crippen LogP contribution in [-0.4, -0.2) is 71.3 Å². The van der Waals surface area contributed by atoms with Crippen LogP contribution in [0.1, 0.15) is 18.4 Å². The Balaban J connectivity index is 1.74. The van der Waals surface area contributed by atoms with E-state index in [0.717, 1.165) is 31.5 Å². The van der Waals surface area contributed by atoms with E-state index in [1.165, 1.54) is 0 Å². The highest BCUT2D eigenvalue weighted by atomic mass is 16.2. The Morgan fingerprint density at radius 3 is 2.88 bits per heavy atom. The zero-order chi connectivity index (χ0) is 17.3. The van der Waals surface area contributed by atoms with Crippen LogP contribution in [0, 0.1) is 5.92 Å². The number of aromatic nitrogens is 1. The van der Waals surface area contributed by atoms with Crippen LogP contribution in [0.4, 0.5) is 5.82 Å². The summed E-state index contributed by atoms with van der Waals surface area (Å²) in [5.74, 6) is 0.596. The van der Waals surface area contributed by atoms with Crippen molar-refractivity contribution in [2.45, 2.75) is 25.4 Å². The van der Waals surface area contributed by atoms with Crippen molar-refractivity contribution >= 4 is 17.6 Å². The minimum Gasteiger partial charge on any atom is -0.383 e. The zero-order valence-corrected chi connectivity index (χ0v) is 14.3. The topological polar surface area (TPSA) is 82.8 Å². The number of nitrogens with zero attached hydrogens (tertiary/aromatic N) is 4. The van der Waals surface area contributed by atoms with Crippen molar-refractivity contribution in [3.8, 4) is 0 Å². The van der Waals surface area contributed by atoms with E-state index in [2.05, 4.69) is 9.88 Å². The van der Waals surface area contributed by atoms with E-state index in [0.29, 0.717) is 12.4 Å². The summed E-state index contributed by atoms with van der Waals surface area (Å²) < 4.78 is 0. The maximum atomic E-state index is 12.7. The number of nitrogens with two attached hydrogens (primary N) is 1. The highest BCUT2D eigenvalue weighted by Crippen LogP contribution is 2.30. The van der Waals surface area contributed by atoms with Gasteiger partial charge in [0.2, 0.25) is 11.8 Å². The Morgan fingerprint density at radius 1 is 1.38 bits per heavy atom. The molecule has 7 nitrogen and oxygen atoms in total. The molecule has 0 saturated carbocycles. The average molecular weight is 331 g/mol. The van der Waals surface area contributed by atoms with Gasteiger partial charge in [-0.25, -0.2) is 4.98 Å². The molecular formula is C17H25N5O2. The van der Waals surface area contributed by atoms with E-state index >= 15 is 0 Å². The van der Waals surface area contributed by atoms with Crippen molar-refractivity contribution in [2.75, 3.05) is 39.5 Å². The Labute approximate surface area is 142 Å². The number of hydrogen-bond donors (Lipinski definition) is 1. The van der Waals surface area contributed by atoms with Crippen molar-refractivity contribution in [3.05, 3.63) is 23.9 Å². The number of nitrogen functional groups attached to an aromatic ring is 1. The first kappa shape index (κ1) is 16.7. The summed E-state index contributed by atoms with van der Waals surface area (Å²) in [5, 5.41) is 0. The Kier molecular flexibility index (Phi) is 4.71. The van der Waals surface area contributed by atoms with Crippen molar-refractivity contribution in [3.63, 3.8) is 0 Å². The summed E-state index contributed by atoms with van der Waals surface area (Å²) in [6.45, 7) is 2.36. The standard InChI is InChI=1S/C17H25N5O2/c1-20(2)15(23)11-22-14-6-5-13(17(22)24)9-21(10-14)8-12-4-3-7-19-16(12)18/h3-4,7,13-14H,5-6,8-11H2,1-2H3,(H2,18,19)/t13-,14+/m1/s1. The van der Waals surface area contributed by atoms with Crippen LogP contribution >= 0.6 is 0 Å². The van der Waals surface area contributed by atoms with Crippen molar-refractivity contribution in [2.24, 2.45) is 5.92 Å². The minimum atomic E-state index is -0.0309. The van der Waals surface area contributed by atoms with Crippen molar-refractivity contribution < 1.29 is 9.59 Å². The fourth-order valence-electron chi connectivity index (χ4n) is 3.58. The Bertz CT molecular complexity index is 633. The van der Waals surface area contributed by atoms with Crippen molar-refractivity contribution in [1.82, 2.24) is 19.7 Å². The summed E-state index contributed by atoms with van der Waals surface area (Å²) in [5.41, 5.74) is 6.94. The molecule has 2 atom stereocenters. The molecule has 3 fully saturated rings. The molecule has 1 aromatic rings. The number of piperidine rings is 1. The molecular weight excluding hydrogens is 306 g/mol. The molecule has 24 heavy (non-hydrogen) atoms. The van der Waals surface area contributed by atoms with E-state index in [4.69, 9.17) is 5.73 Å². The van der Waals surface area contributed by atoms with E-state index in [-0.39, 0.29) is 30.3 Å². The maximum absolute atomic E-state index is 12.7. The molecule has 0 aliphatic carbocycles. The van der Waals surface area contributed by atoms with E-state index in [9.17, 15) is 9.59 Å². The third kappa shape index (κ3) is 3.36. The molecule has 2 amide bonds. The number of carbonyl (C=O) groups is 2. The van der Waals surface area contributed by atoms with E-state index in [1.54, 1.807) is 30.1 Å². The second-order valence-corrected chi connectivity index (χ2v) is 6.92. The smallest absolute Gasteiger partial charge is 0.241 e. The third-order valence-electron chi connectivity index (χ3n) is 4.99. The largest absolute Gasteiger partial charge is 0.383 e. The van der Waals surface area contributed by atoms with Crippen LogP contribution in [0.25, 0.3) is 0 Å². The maximum Gasteiger partial charge on any atom is 0.241 e. The second-order valence-electron chi connectivity index (χ2n) is 6.92. The van der Waals surface area contributed by atoms with E-state index in [1.807, 2.05) is 12.1 Å². The van der Waals surface area contributed by atoms with Crippen LogP contribution in [0.2, 0.25) is 0 Å². The number of amides is 2. The first-order chi connectivity index (χ1) is 11.5. The SMILES string of the molecule is CN(C)C(=O)CN1C(=O)[C@@H]2CC[C@H]1CN(Cc1cccnc1N)C2. The highest BCUT2D eigenvalue weighted by molar-refractivity contribution is 5.86. The lowest BCUT2D eigenvalue weighted by Gasteiger charge is -2.36. The Hall–Kier alpha value is -2.15. The van der Waals surface area contributed by atoms with Gasteiger partial charge < -0.3 is 15.5 Å². The number of anilines is 1. The van der Waals surface area contributed by atoms with Gasteiger partial charge in [0.25, 0.3) is 0 Å². The fourth-order valence-corrected chi connectivity index (χ4v) is 3.58. The summed E-state index contributed by atoms with van der Waals surface area (Å²) >= 11 is 0. The number of carbonyl (C=O) groups excluding carboxylic acids is 2. The monoisotopic (exact) mass is 331 g/mol. The van der Waals surface area contributed by atoms with Crippen LogP contribution in [-0.2, 0) is 16.1 Å². The normalized spacial score (nSPS) is 24.1. The lowest BCUT2D eigenvalue weighted by molar-refractivity contribution is -0.145. The van der Waals surface area contributed by atoms with Crippen LogP contribution in [0.15, 0.2) is 18.3 Å².